The van der Waals surface area contributed by atoms with E-state index in [1.54, 1.807) is 6.07 Å². The van der Waals surface area contributed by atoms with Crippen LogP contribution in [0, 0.1) is 16.0 Å². The fraction of sp³-hybridized carbons (Fsp3) is 0.636. The maximum absolute atomic E-state index is 10.5. The first-order chi connectivity index (χ1) is 8.25. The van der Waals surface area contributed by atoms with E-state index in [1.807, 2.05) is 5.38 Å². The summed E-state index contributed by atoms with van der Waals surface area (Å²) in [5, 5.41) is 15.9. The van der Waals surface area contributed by atoms with Gasteiger partial charge in [0.05, 0.1) is 4.92 Å². The van der Waals surface area contributed by atoms with E-state index in [2.05, 4.69) is 5.32 Å². The highest BCUT2D eigenvalue weighted by atomic mass is 32.1. The number of nitrogens with one attached hydrogen (secondary N) is 1. The van der Waals surface area contributed by atoms with Gasteiger partial charge in [0.2, 0.25) is 0 Å². The number of hydrogen-bond donors (Lipinski definition) is 1. The van der Waals surface area contributed by atoms with Gasteiger partial charge in [-0.1, -0.05) is 11.3 Å². The van der Waals surface area contributed by atoms with Crippen LogP contribution in [-0.4, -0.2) is 24.7 Å². The summed E-state index contributed by atoms with van der Waals surface area (Å²) in [4.78, 5) is 10.2. The van der Waals surface area contributed by atoms with Crippen LogP contribution in [0.3, 0.4) is 0 Å². The molecule has 0 aromatic carbocycles. The Labute approximate surface area is 104 Å². The molecule has 1 fully saturated rings. The average Bonchev–Trinajstić information content (AvgIpc) is 2.96. The zero-order chi connectivity index (χ0) is 12.1. The molecule has 2 heterocycles. The maximum atomic E-state index is 10.5. The van der Waals surface area contributed by atoms with Crippen molar-refractivity contribution in [3.8, 4) is 0 Å². The van der Waals surface area contributed by atoms with Gasteiger partial charge < -0.3 is 10.1 Å². The number of ether oxygens (including phenoxy) is 1. The molecule has 1 aromatic rings. The third-order valence-corrected chi connectivity index (χ3v) is 3.83. The number of rotatable bonds is 6. The van der Waals surface area contributed by atoms with Crippen molar-refractivity contribution in [3.05, 3.63) is 27.1 Å². The molecule has 0 spiro atoms. The van der Waals surface area contributed by atoms with Crippen molar-refractivity contribution in [2.45, 2.75) is 19.4 Å². The lowest BCUT2D eigenvalue weighted by atomic mass is 10.1. The molecule has 0 saturated carbocycles. The van der Waals surface area contributed by atoms with Crippen molar-refractivity contribution < 1.29 is 9.66 Å². The molecule has 1 saturated heterocycles. The van der Waals surface area contributed by atoms with Crippen LogP contribution in [0.4, 0.5) is 5.00 Å². The fourth-order valence-electron chi connectivity index (χ4n) is 1.90. The highest BCUT2D eigenvalue weighted by Gasteiger charge is 2.14. The first kappa shape index (κ1) is 12.5. The molecule has 2 rings (SSSR count). The van der Waals surface area contributed by atoms with E-state index in [0.29, 0.717) is 12.5 Å². The van der Waals surface area contributed by atoms with E-state index in [-0.39, 0.29) is 9.92 Å². The zero-order valence-corrected chi connectivity index (χ0v) is 10.4. The summed E-state index contributed by atoms with van der Waals surface area (Å²) < 4.78 is 5.30. The van der Waals surface area contributed by atoms with Crippen LogP contribution in [0.25, 0.3) is 0 Å². The summed E-state index contributed by atoms with van der Waals surface area (Å²) in [5.41, 5.74) is 0.990. The molecule has 1 unspecified atom stereocenters. The average molecular weight is 256 g/mol. The van der Waals surface area contributed by atoms with Gasteiger partial charge in [0, 0.05) is 31.2 Å². The van der Waals surface area contributed by atoms with Crippen molar-refractivity contribution in [1.82, 2.24) is 5.32 Å². The van der Waals surface area contributed by atoms with Gasteiger partial charge >= 0.3 is 5.00 Å². The van der Waals surface area contributed by atoms with Crippen LogP contribution in [-0.2, 0) is 11.3 Å². The van der Waals surface area contributed by atoms with E-state index in [0.717, 1.165) is 38.2 Å². The minimum Gasteiger partial charge on any atom is -0.381 e. The molecular formula is C11H16N2O3S. The highest BCUT2D eigenvalue weighted by Crippen LogP contribution is 2.22. The third kappa shape index (κ3) is 3.76. The lowest BCUT2D eigenvalue weighted by Gasteiger charge is -2.07. The molecular weight excluding hydrogens is 240 g/mol. The van der Waals surface area contributed by atoms with Crippen molar-refractivity contribution in [2.24, 2.45) is 5.92 Å². The van der Waals surface area contributed by atoms with Crippen LogP contribution >= 0.6 is 11.3 Å². The second-order valence-corrected chi connectivity index (χ2v) is 5.14. The quantitative estimate of drug-likeness (QED) is 0.481. The standard InChI is InChI=1S/C11H16N2O3S/c14-13(15)11-5-10(8-17-11)6-12-3-1-9-2-4-16-7-9/h5,8-9,12H,1-4,6-7H2. The van der Waals surface area contributed by atoms with E-state index in [9.17, 15) is 10.1 Å². The summed E-state index contributed by atoms with van der Waals surface area (Å²) in [6, 6.07) is 1.64. The van der Waals surface area contributed by atoms with E-state index < -0.39 is 0 Å². The zero-order valence-electron chi connectivity index (χ0n) is 9.55. The molecule has 1 aliphatic rings. The second-order valence-electron chi connectivity index (χ2n) is 4.25. The number of hydrogen-bond acceptors (Lipinski definition) is 5. The number of nitro groups is 1. The van der Waals surface area contributed by atoms with Gasteiger partial charge in [-0.15, -0.1) is 0 Å². The molecule has 1 aromatic heterocycles. The summed E-state index contributed by atoms with van der Waals surface area (Å²) in [7, 11) is 0. The molecule has 5 nitrogen and oxygen atoms in total. The Kier molecular flexibility index (Phi) is 4.47. The van der Waals surface area contributed by atoms with Crippen molar-refractivity contribution in [3.63, 3.8) is 0 Å². The molecule has 0 aliphatic carbocycles. The van der Waals surface area contributed by atoms with Gasteiger partial charge in [0.1, 0.15) is 0 Å². The van der Waals surface area contributed by atoms with Gasteiger partial charge in [-0.3, -0.25) is 10.1 Å². The first-order valence-corrected chi connectivity index (χ1v) is 6.64. The Bertz CT molecular complexity index is 375. The Morgan fingerprint density at radius 3 is 3.18 bits per heavy atom. The molecule has 6 heteroatoms. The van der Waals surface area contributed by atoms with Crippen LogP contribution in [0.2, 0.25) is 0 Å². The fourth-order valence-corrected chi connectivity index (χ4v) is 2.63. The Morgan fingerprint density at radius 1 is 1.65 bits per heavy atom. The largest absolute Gasteiger partial charge is 0.381 e. The van der Waals surface area contributed by atoms with Gasteiger partial charge in [0.15, 0.2) is 0 Å². The van der Waals surface area contributed by atoms with Crippen LogP contribution in [0.5, 0.6) is 0 Å². The number of nitrogens with zero attached hydrogens (tertiary/aromatic N) is 1. The van der Waals surface area contributed by atoms with Crippen LogP contribution < -0.4 is 5.32 Å². The molecule has 0 amide bonds. The lowest BCUT2D eigenvalue weighted by Crippen LogP contribution is -2.17. The molecule has 0 radical (unpaired) electrons. The van der Waals surface area contributed by atoms with Crippen LogP contribution in [0.1, 0.15) is 18.4 Å². The molecule has 1 N–H and O–H groups in total. The summed E-state index contributed by atoms with van der Waals surface area (Å²) in [6.45, 7) is 3.42. The lowest BCUT2D eigenvalue weighted by molar-refractivity contribution is -0.380. The minimum absolute atomic E-state index is 0.214. The van der Waals surface area contributed by atoms with E-state index >= 15 is 0 Å². The van der Waals surface area contributed by atoms with Gasteiger partial charge in [-0.2, -0.15) is 0 Å². The van der Waals surface area contributed by atoms with Gasteiger partial charge in [0.25, 0.3) is 0 Å². The smallest absolute Gasteiger partial charge is 0.324 e. The Balaban J connectivity index is 1.65. The second kappa shape index (κ2) is 6.09. The SMILES string of the molecule is O=[N+]([O-])c1cc(CNCCC2CCOC2)cs1. The van der Waals surface area contributed by atoms with Gasteiger partial charge in [-0.05, 0) is 30.9 Å². The Hall–Kier alpha value is -0.980. The van der Waals surface area contributed by atoms with Gasteiger partial charge in [-0.25, -0.2) is 0 Å². The van der Waals surface area contributed by atoms with E-state index in [4.69, 9.17) is 4.74 Å². The molecule has 1 aliphatic heterocycles. The van der Waals surface area contributed by atoms with Crippen LogP contribution in [0.15, 0.2) is 11.4 Å². The minimum atomic E-state index is -0.343. The molecule has 1 atom stereocenters. The van der Waals surface area contributed by atoms with Crippen molar-refractivity contribution >= 4 is 16.3 Å². The predicted octanol–water partition coefficient (Wildman–Crippen LogP) is 2.17. The maximum Gasteiger partial charge on any atom is 0.324 e. The monoisotopic (exact) mass is 256 g/mol. The highest BCUT2D eigenvalue weighted by molar-refractivity contribution is 7.13. The van der Waals surface area contributed by atoms with Crippen molar-refractivity contribution in [2.75, 3.05) is 19.8 Å². The summed E-state index contributed by atoms with van der Waals surface area (Å²) >= 11 is 1.18. The number of thiophene rings is 1. The Morgan fingerprint density at radius 2 is 2.53 bits per heavy atom. The summed E-state index contributed by atoms with van der Waals surface area (Å²) in [6.07, 6.45) is 2.28. The normalized spacial score (nSPS) is 19.6. The first-order valence-electron chi connectivity index (χ1n) is 5.76. The molecule has 17 heavy (non-hydrogen) atoms. The van der Waals surface area contributed by atoms with E-state index in [1.165, 1.54) is 11.3 Å². The topological polar surface area (TPSA) is 64.4 Å². The van der Waals surface area contributed by atoms with Crippen molar-refractivity contribution in [1.29, 1.82) is 0 Å². The molecule has 94 valence electrons. The summed E-state index contributed by atoms with van der Waals surface area (Å²) in [5.74, 6) is 0.680. The molecule has 0 bridgehead atoms. The third-order valence-electron chi connectivity index (χ3n) is 2.90. The predicted molar refractivity (Wildman–Crippen MR) is 66.2 cm³/mol.